The van der Waals surface area contributed by atoms with Gasteiger partial charge >= 0.3 is 0 Å². The van der Waals surface area contributed by atoms with Crippen molar-refractivity contribution in [3.05, 3.63) is 54.1 Å². The van der Waals surface area contributed by atoms with Gasteiger partial charge in [0, 0.05) is 34.5 Å². The molecule has 1 heterocycles. The molecule has 1 fully saturated rings. The van der Waals surface area contributed by atoms with Crippen LogP contribution in [-0.2, 0) is 20.8 Å². The summed E-state index contributed by atoms with van der Waals surface area (Å²) in [5, 5.41) is 2.78. The largest absolute Gasteiger partial charge is 0.322 e. The second kappa shape index (κ2) is 9.85. The lowest BCUT2D eigenvalue weighted by Gasteiger charge is -2.20. The third-order valence-corrected chi connectivity index (χ3v) is 8.60. The molecule has 1 atom stereocenters. The molecule has 1 saturated heterocycles. The molecule has 2 aromatic rings. The van der Waals surface area contributed by atoms with Gasteiger partial charge in [0.2, 0.25) is 10.0 Å². The second-order valence-electron chi connectivity index (χ2n) is 7.67. The summed E-state index contributed by atoms with van der Waals surface area (Å²) < 4.78 is 39.4. The number of carbonyl (C=O) groups excluding carboxylic acids is 1. The number of nitrogens with zero attached hydrogens (tertiary/aromatic N) is 1. The van der Waals surface area contributed by atoms with Crippen LogP contribution in [0.3, 0.4) is 0 Å². The molecule has 30 heavy (non-hydrogen) atoms. The monoisotopic (exact) mass is 448 g/mol. The van der Waals surface area contributed by atoms with Crippen molar-refractivity contribution in [2.45, 2.75) is 54.6 Å². The maximum absolute atomic E-state index is 12.8. The van der Waals surface area contributed by atoms with Crippen LogP contribution in [-0.4, -0.2) is 41.2 Å². The van der Waals surface area contributed by atoms with Crippen LogP contribution in [0.25, 0.3) is 0 Å². The molecule has 1 aliphatic rings. The first-order chi connectivity index (χ1) is 14.3. The van der Waals surface area contributed by atoms with Crippen molar-refractivity contribution >= 4 is 32.4 Å². The molecule has 0 saturated carbocycles. The highest BCUT2D eigenvalue weighted by Crippen LogP contribution is 2.22. The number of carbonyl (C=O) groups is 1. The summed E-state index contributed by atoms with van der Waals surface area (Å²) >= 11 is 0. The van der Waals surface area contributed by atoms with Gasteiger partial charge < -0.3 is 5.32 Å². The lowest BCUT2D eigenvalue weighted by Crippen LogP contribution is -2.31. The fourth-order valence-corrected chi connectivity index (χ4v) is 5.82. The van der Waals surface area contributed by atoms with Crippen molar-refractivity contribution in [2.75, 3.05) is 18.4 Å². The zero-order chi connectivity index (χ0) is 21.7. The molecular weight excluding hydrogens is 420 g/mol. The van der Waals surface area contributed by atoms with Crippen molar-refractivity contribution in [3.8, 4) is 0 Å². The topological polar surface area (TPSA) is 83.5 Å². The van der Waals surface area contributed by atoms with Gasteiger partial charge in [0.25, 0.3) is 5.91 Å². The molecule has 6 nitrogen and oxygen atoms in total. The van der Waals surface area contributed by atoms with E-state index in [1.807, 2.05) is 13.8 Å². The normalized spacial score (nSPS) is 16.8. The Hall–Kier alpha value is -2.03. The zero-order valence-corrected chi connectivity index (χ0v) is 19.0. The summed E-state index contributed by atoms with van der Waals surface area (Å²) in [4.78, 5) is 13.4. The van der Waals surface area contributed by atoms with E-state index in [9.17, 15) is 17.4 Å². The molecule has 0 aromatic heterocycles. The first kappa shape index (κ1) is 22.7. The lowest BCUT2D eigenvalue weighted by atomic mass is 10.2. The Bertz CT molecular complexity index is 992. The predicted molar refractivity (Wildman–Crippen MR) is 120 cm³/mol. The van der Waals surface area contributed by atoms with Gasteiger partial charge in [-0.2, -0.15) is 4.31 Å². The quantitative estimate of drug-likeness (QED) is 0.723. The molecule has 1 N–H and O–H groups in total. The molecule has 162 valence electrons. The van der Waals surface area contributed by atoms with Gasteiger partial charge in [-0.1, -0.05) is 26.7 Å². The number of amides is 1. The Morgan fingerprint density at radius 1 is 0.933 bits per heavy atom. The van der Waals surface area contributed by atoms with Crippen LogP contribution >= 0.6 is 0 Å². The molecule has 3 rings (SSSR count). The van der Waals surface area contributed by atoms with Gasteiger partial charge in [0.15, 0.2) is 0 Å². The molecule has 0 aliphatic carbocycles. The highest BCUT2D eigenvalue weighted by molar-refractivity contribution is 7.89. The summed E-state index contributed by atoms with van der Waals surface area (Å²) in [7, 11) is -4.61. The minimum absolute atomic E-state index is 0.00813. The molecule has 8 heteroatoms. The van der Waals surface area contributed by atoms with E-state index in [1.165, 1.54) is 12.1 Å². The van der Waals surface area contributed by atoms with Gasteiger partial charge in [-0.25, -0.2) is 8.42 Å². The molecular formula is C22H28N2O4S2. The van der Waals surface area contributed by atoms with Gasteiger partial charge in [-0.15, -0.1) is 0 Å². The van der Waals surface area contributed by atoms with Crippen molar-refractivity contribution in [2.24, 2.45) is 0 Å². The molecule has 1 aliphatic heterocycles. The van der Waals surface area contributed by atoms with Crippen LogP contribution in [0.4, 0.5) is 5.69 Å². The Labute approximate surface area is 181 Å². The molecule has 0 spiro atoms. The fraction of sp³-hybridized carbons (Fsp3) is 0.409. The Kier molecular flexibility index (Phi) is 7.44. The zero-order valence-electron chi connectivity index (χ0n) is 17.3. The van der Waals surface area contributed by atoms with Crippen LogP contribution in [0, 0.1) is 0 Å². The van der Waals surface area contributed by atoms with E-state index in [0.717, 1.165) is 25.7 Å². The third-order valence-electron chi connectivity index (χ3n) is 5.09. The number of benzene rings is 2. The number of hydrogen-bond donors (Lipinski definition) is 1. The second-order valence-corrected chi connectivity index (χ2v) is 11.6. The average molecular weight is 449 g/mol. The third kappa shape index (κ3) is 5.36. The van der Waals surface area contributed by atoms with Gasteiger partial charge in [-0.3, -0.25) is 9.00 Å². The van der Waals surface area contributed by atoms with Gasteiger partial charge in [0.05, 0.1) is 15.7 Å². The highest BCUT2D eigenvalue weighted by atomic mass is 32.2. The van der Waals surface area contributed by atoms with Crippen LogP contribution in [0.1, 0.15) is 49.9 Å². The lowest BCUT2D eigenvalue weighted by molar-refractivity contribution is 0.102. The van der Waals surface area contributed by atoms with Crippen molar-refractivity contribution in [3.63, 3.8) is 0 Å². The van der Waals surface area contributed by atoms with Crippen LogP contribution in [0.5, 0.6) is 0 Å². The maximum Gasteiger partial charge on any atom is 0.255 e. The molecule has 0 unspecified atom stereocenters. The highest BCUT2D eigenvalue weighted by Gasteiger charge is 2.25. The van der Waals surface area contributed by atoms with E-state index >= 15 is 0 Å². The summed E-state index contributed by atoms with van der Waals surface area (Å²) in [5.74, 6) is -0.306. The van der Waals surface area contributed by atoms with E-state index in [4.69, 9.17) is 0 Å². The number of nitrogens with one attached hydrogen (secondary N) is 1. The number of sulfonamides is 1. The SMILES string of the molecule is CC(C)[S@@](=O)c1ccc(C(=O)Nc2ccc(S(=O)(=O)N3CCCCCC3)cc2)cc1. The predicted octanol–water partition coefficient (Wildman–Crippen LogP) is 4.02. The molecule has 0 radical (unpaired) electrons. The standard InChI is InChI=1S/C22H28N2O4S2/c1-17(2)29(26)20-11-7-18(8-12-20)22(25)23-19-9-13-21(14-10-19)30(27,28)24-15-5-3-4-6-16-24/h7-14,17H,3-6,15-16H2,1-2H3,(H,23,25)/t29-/m1/s1. The van der Waals surface area contributed by atoms with Gasteiger partial charge in [-0.05, 0) is 61.4 Å². The first-order valence-electron chi connectivity index (χ1n) is 10.2. The van der Waals surface area contributed by atoms with E-state index in [0.29, 0.717) is 29.2 Å². The Balaban J connectivity index is 1.68. The Morgan fingerprint density at radius 3 is 2.03 bits per heavy atom. The fourth-order valence-electron chi connectivity index (χ4n) is 3.36. The minimum atomic E-state index is -3.51. The number of rotatable bonds is 6. The number of hydrogen-bond acceptors (Lipinski definition) is 4. The summed E-state index contributed by atoms with van der Waals surface area (Å²) in [5.41, 5.74) is 0.963. The molecule has 1 amide bonds. The molecule has 2 aromatic carbocycles. The van der Waals surface area contributed by atoms with Crippen molar-refractivity contribution < 1.29 is 17.4 Å². The van der Waals surface area contributed by atoms with Crippen LogP contribution in [0.2, 0.25) is 0 Å². The molecule has 0 bridgehead atoms. The average Bonchev–Trinajstić information content (AvgIpc) is 3.04. The summed E-state index contributed by atoms with van der Waals surface area (Å²) in [6.45, 7) is 4.87. The van der Waals surface area contributed by atoms with E-state index in [-0.39, 0.29) is 16.1 Å². The summed E-state index contributed by atoms with van der Waals surface area (Å²) in [6, 6.07) is 12.9. The minimum Gasteiger partial charge on any atom is -0.322 e. The first-order valence-corrected chi connectivity index (χ1v) is 12.9. The Morgan fingerprint density at radius 2 is 1.50 bits per heavy atom. The van der Waals surface area contributed by atoms with Crippen molar-refractivity contribution in [1.82, 2.24) is 4.31 Å². The van der Waals surface area contributed by atoms with E-state index in [2.05, 4.69) is 5.32 Å². The summed E-state index contributed by atoms with van der Waals surface area (Å²) in [6.07, 6.45) is 3.89. The number of anilines is 1. The maximum atomic E-state index is 12.8. The van der Waals surface area contributed by atoms with E-state index in [1.54, 1.807) is 40.7 Å². The van der Waals surface area contributed by atoms with Gasteiger partial charge in [0.1, 0.15) is 0 Å². The van der Waals surface area contributed by atoms with E-state index < -0.39 is 20.8 Å². The van der Waals surface area contributed by atoms with Crippen LogP contribution < -0.4 is 5.32 Å². The smallest absolute Gasteiger partial charge is 0.255 e. The van der Waals surface area contributed by atoms with Crippen LogP contribution in [0.15, 0.2) is 58.3 Å². The van der Waals surface area contributed by atoms with Crippen molar-refractivity contribution in [1.29, 1.82) is 0 Å².